The second-order valence-corrected chi connectivity index (χ2v) is 9.28. The van der Waals surface area contributed by atoms with Crippen LogP contribution in [0.2, 0.25) is 5.02 Å². The molecule has 1 aromatic carbocycles. The van der Waals surface area contributed by atoms with Gasteiger partial charge in [0.05, 0.1) is 19.3 Å². The zero-order chi connectivity index (χ0) is 21.4. The van der Waals surface area contributed by atoms with Crippen LogP contribution in [0, 0.1) is 18.8 Å². The van der Waals surface area contributed by atoms with Gasteiger partial charge in [-0.05, 0) is 49.8 Å². The van der Waals surface area contributed by atoms with E-state index in [1.54, 1.807) is 6.07 Å². The van der Waals surface area contributed by atoms with Crippen LogP contribution >= 0.6 is 11.6 Å². The molecule has 1 aliphatic carbocycles. The van der Waals surface area contributed by atoms with Crippen molar-refractivity contribution in [2.75, 3.05) is 49.2 Å². The highest BCUT2D eigenvalue weighted by molar-refractivity contribution is 6.30. The van der Waals surface area contributed by atoms with Crippen molar-refractivity contribution in [3.63, 3.8) is 0 Å². The molecule has 0 unspecified atom stereocenters. The summed E-state index contributed by atoms with van der Waals surface area (Å²) in [6, 6.07) is 9.46. The fraction of sp³-hybridized carbons (Fsp3) is 0.565. The predicted octanol–water partition coefficient (Wildman–Crippen LogP) is 2.93. The number of anilines is 2. The van der Waals surface area contributed by atoms with E-state index in [1.165, 1.54) is 0 Å². The maximum absolute atomic E-state index is 10.7. The highest BCUT2D eigenvalue weighted by Crippen LogP contribution is 2.39. The second-order valence-electron chi connectivity index (χ2n) is 8.84. The number of fused-ring (bicyclic) bond motifs is 1. The zero-order valence-corrected chi connectivity index (χ0v) is 18.5. The van der Waals surface area contributed by atoms with Gasteiger partial charge < -0.3 is 24.4 Å². The molecule has 0 bridgehead atoms. The van der Waals surface area contributed by atoms with Crippen molar-refractivity contribution in [2.24, 2.45) is 11.8 Å². The molecule has 3 aliphatic rings. The Morgan fingerprint density at radius 1 is 1.06 bits per heavy atom. The van der Waals surface area contributed by atoms with E-state index < -0.39 is 6.10 Å². The molecule has 7 nitrogen and oxygen atoms in total. The number of hydrogen-bond donors (Lipinski definition) is 1. The van der Waals surface area contributed by atoms with Crippen molar-refractivity contribution in [3.05, 3.63) is 41.0 Å². The minimum Gasteiger partial charge on any atom is -0.488 e. The van der Waals surface area contributed by atoms with Gasteiger partial charge in [-0.25, -0.2) is 4.98 Å². The topological polar surface area (TPSA) is 71.0 Å². The van der Waals surface area contributed by atoms with Gasteiger partial charge in [-0.2, -0.15) is 4.98 Å². The number of aliphatic hydroxyl groups excluding tert-OH is 1. The highest BCUT2D eigenvalue weighted by atomic mass is 35.5. The molecule has 166 valence electrons. The number of ether oxygens (including phenoxy) is 2. The van der Waals surface area contributed by atoms with Gasteiger partial charge in [-0.15, -0.1) is 0 Å². The summed E-state index contributed by atoms with van der Waals surface area (Å²) < 4.78 is 11.6. The number of aryl methyl sites for hydroxylation is 1. The lowest BCUT2D eigenvalue weighted by molar-refractivity contribution is -0.0231. The second kappa shape index (κ2) is 8.81. The lowest BCUT2D eigenvalue weighted by Gasteiger charge is -2.35. The Bertz CT molecular complexity index is 923. The lowest BCUT2D eigenvalue weighted by atomic mass is 9.78. The van der Waals surface area contributed by atoms with Crippen LogP contribution in [0.15, 0.2) is 30.3 Å². The number of aliphatic hydroxyl groups is 1. The molecule has 8 heteroatoms. The van der Waals surface area contributed by atoms with E-state index in [4.69, 9.17) is 26.1 Å². The van der Waals surface area contributed by atoms with E-state index in [9.17, 15) is 5.11 Å². The minimum absolute atomic E-state index is 0.212. The van der Waals surface area contributed by atoms with E-state index in [0.29, 0.717) is 35.8 Å². The number of rotatable bonds is 4. The van der Waals surface area contributed by atoms with Gasteiger partial charge in [0.25, 0.3) is 0 Å². The number of nitrogens with zero attached hydrogens (tertiary/aromatic N) is 4. The van der Waals surface area contributed by atoms with Crippen LogP contribution in [-0.2, 0) is 4.74 Å². The molecule has 0 radical (unpaired) electrons. The molecular weight excluding hydrogens is 416 g/mol. The average molecular weight is 445 g/mol. The van der Waals surface area contributed by atoms with Crippen LogP contribution in [0.3, 0.4) is 0 Å². The molecule has 2 aromatic rings. The maximum atomic E-state index is 10.7. The molecule has 0 spiro atoms. The van der Waals surface area contributed by atoms with Crippen LogP contribution in [0.5, 0.6) is 5.75 Å². The van der Waals surface area contributed by atoms with E-state index in [1.807, 2.05) is 25.1 Å². The van der Waals surface area contributed by atoms with Crippen molar-refractivity contribution in [2.45, 2.75) is 32.0 Å². The van der Waals surface area contributed by atoms with Crippen molar-refractivity contribution in [1.29, 1.82) is 0 Å². The number of morpholine rings is 1. The van der Waals surface area contributed by atoms with Crippen LogP contribution < -0.4 is 14.5 Å². The monoisotopic (exact) mass is 444 g/mol. The normalized spacial score (nSPS) is 28.5. The summed E-state index contributed by atoms with van der Waals surface area (Å²) in [6.45, 7) is 6.93. The summed E-state index contributed by atoms with van der Waals surface area (Å²) in [5.41, 5.74) is 0.976. The minimum atomic E-state index is -0.476. The first kappa shape index (κ1) is 20.8. The van der Waals surface area contributed by atoms with Gasteiger partial charge in [0, 0.05) is 43.0 Å². The maximum Gasteiger partial charge on any atom is 0.227 e. The van der Waals surface area contributed by atoms with E-state index in [0.717, 1.165) is 56.5 Å². The summed E-state index contributed by atoms with van der Waals surface area (Å²) in [5, 5.41) is 11.4. The van der Waals surface area contributed by atoms with Crippen LogP contribution in [0.1, 0.15) is 18.5 Å². The van der Waals surface area contributed by atoms with Gasteiger partial charge >= 0.3 is 0 Å². The Hall–Kier alpha value is -2.09. The predicted molar refractivity (Wildman–Crippen MR) is 120 cm³/mol. The Balaban J connectivity index is 1.29. The molecule has 4 atom stereocenters. The van der Waals surface area contributed by atoms with Crippen LogP contribution in [0.25, 0.3) is 0 Å². The Labute approximate surface area is 187 Å². The van der Waals surface area contributed by atoms with E-state index >= 15 is 0 Å². The Morgan fingerprint density at radius 3 is 2.61 bits per heavy atom. The number of hydrogen-bond acceptors (Lipinski definition) is 7. The highest BCUT2D eigenvalue weighted by Gasteiger charge is 2.43. The average Bonchev–Trinajstić information content (AvgIpc) is 3.17. The summed E-state index contributed by atoms with van der Waals surface area (Å²) in [5.74, 6) is 3.39. The van der Waals surface area contributed by atoms with Gasteiger partial charge in [-0.3, -0.25) is 0 Å². The molecule has 2 saturated heterocycles. The standard InChI is InChI=1S/C23H29ClN4O3/c1-15-9-22(26-23(25-15)27-5-7-30-8-6-27)28-13-16-10-20(29)21(11-17(16)14-28)31-19-4-2-3-18(24)12-19/h2-4,9,12,16-17,20-21,29H,5-8,10-11,13-14H2,1H3/t16-,17+,20+,21+/m0/s1. The van der Waals surface area contributed by atoms with Crippen molar-refractivity contribution >= 4 is 23.4 Å². The summed E-state index contributed by atoms with van der Waals surface area (Å²) >= 11 is 6.08. The summed E-state index contributed by atoms with van der Waals surface area (Å²) in [4.78, 5) is 14.1. The molecule has 1 aromatic heterocycles. The molecule has 0 amide bonds. The molecule has 31 heavy (non-hydrogen) atoms. The third kappa shape index (κ3) is 4.59. The summed E-state index contributed by atoms with van der Waals surface area (Å²) in [7, 11) is 0. The fourth-order valence-electron chi connectivity index (χ4n) is 5.02. The third-order valence-corrected chi connectivity index (χ3v) is 6.85. The smallest absolute Gasteiger partial charge is 0.227 e. The first-order valence-corrected chi connectivity index (χ1v) is 11.5. The van der Waals surface area contributed by atoms with Crippen LogP contribution in [0.4, 0.5) is 11.8 Å². The van der Waals surface area contributed by atoms with Crippen molar-refractivity contribution < 1.29 is 14.6 Å². The molecule has 5 rings (SSSR count). The fourth-order valence-corrected chi connectivity index (χ4v) is 5.20. The van der Waals surface area contributed by atoms with E-state index in [2.05, 4.69) is 20.9 Å². The largest absolute Gasteiger partial charge is 0.488 e. The number of benzene rings is 1. The molecule has 1 N–H and O–H groups in total. The zero-order valence-electron chi connectivity index (χ0n) is 17.8. The first-order chi connectivity index (χ1) is 15.0. The van der Waals surface area contributed by atoms with E-state index in [-0.39, 0.29) is 6.10 Å². The lowest BCUT2D eigenvalue weighted by Crippen LogP contribution is -2.42. The van der Waals surface area contributed by atoms with Gasteiger partial charge in [0.1, 0.15) is 17.7 Å². The van der Waals surface area contributed by atoms with Gasteiger partial charge in [0.2, 0.25) is 5.95 Å². The molecule has 2 aliphatic heterocycles. The number of halogens is 1. The van der Waals surface area contributed by atoms with Crippen LogP contribution in [-0.4, -0.2) is 66.7 Å². The van der Waals surface area contributed by atoms with Gasteiger partial charge in [-0.1, -0.05) is 17.7 Å². The molecular formula is C23H29ClN4O3. The summed E-state index contributed by atoms with van der Waals surface area (Å²) in [6.07, 6.45) is 0.883. The Kier molecular flexibility index (Phi) is 5.91. The first-order valence-electron chi connectivity index (χ1n) is 11.1. The quantitative estimate of drug-likeness (QED) is 0.777. The SMILES string of the molecule is Cc1cc(N2C[C@H]3C[C@@H](Oc4cccc(Cl)c4)[C@H](O)C[C@H]3C2)nc(N2CCOCC2)n1. The van der Waals surface area contributed by atoms with Gasteiger partial charge in [0.15, 0.2) is 0 Å². The molecule has 1 saturated carbocycles. The van der Waals surface area contributed by atoms with Crippen molar-refractivity contribution in [3.8, 4) is 5.75 Å². The molecule has 3 heterocycles. The third-order valence-electron chi connectivity index (χ3n) is 6.62. The van der Waals surface area contributed by atoms with Crippen molar-refractivity contribution in [1.82, 2.24) is 9.97 Å². The number of aromatic nitrogens is 2. The Morgan fingerprint density at radius 2 is 1.84 bits per heavy atom. The molecule has 3 fully saturated rings.